The van der Waals surface area contributed by atoms with Gasteiger partial charge in [-0.05, 0) is 53.6 Å². The van der Waals surface area contributed by atoms with E-state index < -0.39 is 0 Å². The number of carbonyl (C=O) groups excluding carboxylic acids is 2. The van der Waals surface area contributed by atoms with Gasteiger partial charge in [0, 0.05) is 12.1 Å². The van der Waals surface area contributed by atoms with Crippen molar-refractivity contribution in [3.8, 4) is 0 Å². The normalized spacial score (nSPS) is 10.9. The molecule has 2 aromatic carbocycles. The molecule has 0 heterocycles. The topological polar surface area (TPSA) is 55.4 Å². The lowest BCUT2D eigenvalue weighted by molar-refractivity contribution is -0.116. The Kier molecular flexibility index (Phi) is 7.59. The van der Waals surface area contributed by atoms with Gasteiger partial charge >= 0.3 is 5.97 Å². The summed E-state index contributed by atoms with van der Waals surface area (Å²) in [5, 5.41) is 2.87. The minimum absolute atomic E-state index is 0.0435. The summed E-state index contributed by atoms with van der Waals surface area (Å²) in [5.41, 5.74) is 3.61. The number of carbonyl (C=O) groups is 2. The van der Waals surface area contributed by atoms with Gasteiger partial charge < -0.3 is 10.1 Å². The number of amides is 1. The van der Waals surface area contributed by atoms with Crippen molar-refractivity contribution in [1.82, 2.24) is 0 Å². The van der Waals surface area contributed by atoms with Crippen LogP contribution in [-0.2, 0) is 16.0 Å². The monoisotopic (exact) mass is 367 g/mol. The second kappa shape index (κ2) is 9.91. The van der Waals surface area contributed by atoms with Crippen LogP contribution in [0.3, 0.4) is 0 Å². The molecule has 0 atom stereocenters. The van der Waals surface area contributed by atoms with Crippen molar-refractivity contribution in [3.63, 3.8) is 0 Å². The van der Waals surface area contributed by atoms with E-state index in [1.807, 2.05) is 13.8 Å². The van der Waals surface area contributed by atoms with Gasteiger partial charge in [-0.25, -0.2) is 4.79 Å². The first-order chi connectivity index (χ1) is 12.8. The minimum Gasteiger partial charge on any atom is -0.462 e. The summed E-state index contributed by atoms with van der Waals surface area (Å²) in [7, 11) is 0. The molecular formula is C23H29NO3. The molecule has 0 aliphatic carbocycles. The molecule has 1 N–H and O–H groups in total. The van der Waals surface area contributed by atoms with Crippen LogP contribution in [0, 0.1) is 5.92 Å². The molecule has 144 valence electrons. The summed E-state index contributed by atoms with van der Waals surface area (Å²) in [6.07, 6.45) is 1.11. The number of anilines is 1. The summed E-state index contributed by atoms with van der Waals surface area (Å²) in [4.78, 5) is 24.1. The molecule has 4 heteroatoms. The molecule has 0 saturated heterocycles. The highest BCUT2D eigenvalue weighted by Gasteiger charge is 2.09. The fraction of sp³-hybridized carbons (Fsp3) is 0.391. The molecule has 0 bridgehead atoms. The highest BCUT2D eigenvalue weighted by Crippen LogP contribution is 2.16. The average Bonchev–Trinajstić information content (AvgIpc) is 2.65. The Morgan fingerprint density at radius 2 is 1.56 bits per heavy atom. The van der Waals surface area contributed by atoms with Gasteiger partial charge in [0.15, 0.2) is 0 Å². The molecule has 0 spiro atoms. The molecule has 0 aromatic heterocycles. The molecule has 0 saturated carbocycles. The summed E-state index contributed by atoms with van der Waals surface area (Å²) in [5.74, 6) is 0.423. The van der Waals surface area contributed by atoms with Crippen LogP contribution < -0.4 is 5.32 Å². The Hall–Kier alpha value is -2.62. The van der Waals surface area contributed by atoms with Crippen molar-refractivity contribution in [2.75, 3.05) is 11.9 Å². The lowest BCUT2D eigenvalue weighted by atomic mass is 10.0. The van der Waals surface area contributed by atoms with Crippen LogP contribution in [0.1, 0.15) is 61.5 Å². The lowest BCUT2D eigenvalue weighted by Gasteiger charge is -2.09. The van der Waals surface area contributed by atoms with E-state index >= 15 is 0 Å². The zero-order valence-corrected chi connectivity index (χ0v) is 16.6. The molecule has 2 aromatic rings. The quantitative estimate of drug-likeness (QED) is 0.653. The summed E-state index contributed by atoms with van der Waals surface area (Å²) in [6.45, 7) is 8.71. The second-order valence-electron chi connectivity index (χ2n) is 7.51. The van der Waals surface area contributed by atoms with Crippen molar-refractivity contribution in [2.24, 2.45) is 5.92 Å². The maximum absolute atomic E-state index is 12.2. The molecule has 2 rings (SSSR count). The number of aryl methyl sites for hydroxylation is 1. The van der Waals surface area contributed by atoms with Gasteiger partial charge in [-0.2, -0.15) is 0 Å². The van der Waals surface area contributed by atoms with E-state index in [0.717, 1.165) is 5.56 Å². The fourth-order valence-corrected chi connectivity index (χ4v) is 2.57. The number of hydrogen-bond acceptors (Lipinski definition) is 3. The molecule has 0 aliphatic rings. The van der Waals surface area contributed by atoms with Crippen molar-refractivity contribution >= 4 is 17.6 Å². The van der Waals surface area contributed by atoms with Gasteiger partial charge in [-0.1, -0.05) is 52.0 Å². The first kappa shape index (κ1) is 20.7. The molecule has 1 amide bonds. The van der Waals surface area contributed by atoms with Crippen LogP contribution in [0.4, 0.5) is 5.69 Å². The Balaban J connectivity index is 1.82. The van der Waals surface area contributed by atoms with E-state index in [2.05, 4.69) is 43.4 Å². The number of rotatable bonds is 8. The van der Waals surface area contributed by atoms with E-state index in [9.17, 15) is 9.59 Å². The van der Waals surface area contributed by atoms with E-state index in [4.69, 9.17) is 4.74 Å². The third-order valence-electron chi connectivity index (χ3n) is 4.24. The summed E-state index contributed by atoms with van der Waals surface area (Å²) < 4.78 is 5.19. The molecule has 0 fully saturated rings. The molecule has 4 nitrogen and oxygen atoms in total. The van der Waals surface area contributed by atoms with Crippen LogP contribution >= 0.6 is 0 Å². The Morgan fingerprint density at radius 3 is 2.11 bits per heavy atom. The van der Waals surface area contributed by atoms with Gasteiger partial charge in [-0.3, -0.25) is 4.79 Å². The Morgan fingerprint density at radius 1 is 0.926 bits per heavy atom. The predicted molar refractivity (Wildman–Crippen MR) is 109 cm³/mol. The van der Waals surface area contributed by atoms with Gasteiger partial charge in [0.2, 0.25) is 5.91 Å². The van der Waals surface area contributed by atoms with Gasteiger partial charge in [-0.15, -0.1) is 0 Å². The van der Waals surface area contributed by atoms with Crippen LogP contribution in [0.2, 0.25) is 0 Å². The van der Waals surface area contributed by atoms with Crippen molar-refractivity contribution < 1.29 is 14.3 Å². The average molecular weight is 367 g/mol. The molecule has 0 radical (unpaired) electrons. The van der Waals surface area contributed by atoms with Crippen LogP contribution in [0.15, 0.2) is 48.5 Å². The zero-order chi connectivity index (χ0) is 19.8. The van der Waals surface area contributed by atoms with Crippen LogP contribution in [-0.4, -0.2) is 18.5 Å². The number of nitrogens with one attached hydrogen (secondary N) is 1. The maximum atomic E-state index is 12.2. The number of ether oxygens (including phenoxy) is 1. The maximum Gasteiger partial charge on any atom is 0.338 e. The molecular weight excluding hydrogens is 338 g/mol. The first-order valence-electron chi connectivity index (χ1n) is 9.51. The Bertz CT molecular complexity index is 746. The van der Waals surface area contributed by atoms with Gasteiger partial charge in [0.05, 0.1) is 12.2 Å². The SMILES string of the molecule is CC(C)COC(=O)c1ccc(NC(=O)CCc2ccc(C(C)C)cc2)cc1. The van der Waals surface area contributed by atoms with E-state index in [1.165, 1.54) is 5.56 Å². The summed E-state index contributed by atoms with van der Waals surface area (Å²) >= 11 is 0. The lowest BCUT2D eigenvalue weighted by Crippen LogP contribution is -2.13. The smallest absolute Gasteiger partial charge is 0.338 e. The highest BCUT2D eigenvalue weighted by molar-refractivity contribution is 5.93. The summed E-state index contributed by atoms with van der Waals surface area (Å²) in [6, 6.07) is 15.2. The first-order valence-corrected chi connectivity index (χ1v) is 9.51. The van der Waals surface area contributed by atoms with E-state index in [1.54, 1.807) is 24.3 Å². The largest absolute Gasteiger partial charge is 0.462 e. The number of esters is 1. The number of hydrogen-bond donors (Lipinski definition) is 1. The number of benzene rings is 2. The molecule has 0 aliphatic heterocycles. The van der Waals surface area contributed by atoms with Gasteiger partial charge in [0.25, 0.3) is 0 Å². The van der Waals surface area contributed by atoms with Crippen molar-refractivity contribution in [1.29, 1.82) is 0 Å². The molecule has 27 heavy (non-hydrogen) atoms. The second-order valence-corrected chi connectivity index (χ2v) is 7.51. The van der Waals surface area contributed by atoms with E-state index in [-0.39, 0.29) is 11.9 Å². The predicted octanol–water partition coefficient (Wildman–Crippen LogP) is 5.19. The highest BCUT2D eigenvalue weighted by atomic mass is 16.5. The fourth-order valence-electron chi connectivity index (χ4n) is 2.57. The third-order valence-corrected chi connectivity index (χ3v) is 4.24. The van der Waals surface area contributed by atoms with Crippen LogP contribution in [0.25, 0.3) is 0 Å². The molecule has 0 unspecified atom stereocenters. The van der Waals surface area contributed by atoms with Crippen molar-refractivity contribution in [2.45, 2.75) is 46.5 Å². The third kappa shape index (κ3) is 6.89. The van der Waals surface area contributed by atoms with Crippen molar-refractivity contribution in [3.05, 3.63) is 65.2 Å². The zero-order valence-electron chi connectivity index (χ0n) is 16.6. The standard InChI is InChI=1S/C23H29NO3/c1-16(2)15-27-23(26)20-10-12-21(13-11-20)24-22(25)14-7-18-5-8-19(9-6-18)17(3)4/h5-6,8-13,16-17H,7,14-15H2,1-4H3,(H,24,25). The van der Waals surface area contributed by atoms with Gasteiger partial charge in [0.1, 0.15) is 0 Å². The minimum atomic E-state index is -0.341. The Labute approximate surface area is 161 Å². The van der Waals surface area contributed by atoms with Crippen LogP contribution in [0.5, 0.6) is 0 Å². The van der Waals surface area contributed by atoms with E-state index in [0.29, 0.717) is 42.5 Å².